The first-order valence-corrected chi connectivity index (χ1v) is 3.26. The van der Waals surface area contributed by atoms with Crippen molar-refractivity contribution in [1.82, 2.24) is 15.0 Å². The van der Waals surface area contributed by atoms with E-state index in [0.717, 1.165) is 5.52 Å². The fourth-order valence-electron chi connectivity index (χ4n) is 0.958. The first kappa shape index (κ1) is 6.27. The molecule has 56 valence electrons. The Kier molecular flexibility index (Phi) is 1.31. The Morgan fingerprint density at radius 3 is 3.18 bits per heavy atom. The van der Waals surface area contributed by atoms with Crippen molar-refractivity contribution in [3.63, 3.8) is 0 Å². The third-order valence-electron chi connectivity index (χ3n) is 1.43. The molecule has 0 aliphatic carbocycles. The van der Waals surface area contributed by atoms with E-state index in [2.05, 4.69) is 15.0 Å². The van der Waals surface area contributed by atoms with Crippen LogP contribution in [0.15, 0.2) is 18.3 Å². The standard InChI is InChI=1S/C7H6FN3/c8-4-6-10-5-2-1-3-9-7(5)11-6/h1-3H,4H2,(H,9,10,11). The molecule has 0 aromatic carbocycles. The largest absolute Gasteiger partial charge is 0.338 e. The van der Waals surface area contributed by atoms with Gasteiger partial charge in [0, 0.05) is 6.20 Å². The Balaban J connectivity index is 2.69. The summed E-state index contributed by atoms with van der Waals surface area (Å²) in [6, 6.07) is 3.59. The zero-order valence-electron chi connectivity index (χ0n) is 5.71. The van der Waals surface area contributed by atoms with Gasteiger partial charge in [-0.2, -0.15) is 0 Å². The number of aromatic nitrogens is 3. The SMILES string of the molecule is FCc1nc2ncccc2[nH]1. The van der Waals surface area contributed by atoms with Crippen LogP contribution in [0, 0.1) is 0 Å². The maximum absolute atomic E-state index is 12.0. The highest BCUT2D eigenvalue weighted by Crippen LogP contribution is 2.07. The molecule has 2 aromatic rings. The number of rotatable bonds is 1. The monoisotopic (exact) mass is 151 g/mol. The zero-order valence-corrected chi connectivity index (χ0v) is 5.71. The lowest BCUT2D eigenvalue weighted by Gasteiger charge is -1.81. The van der Waals surface area contributed by atoms with E-state index < -0.39 is 6.67 Å². The minimum Gasteiger partial charge on any atom is -0.338 e. The number of hydrogen-bond acceptors (Lipinski definition) is 2. The molecule has 0 spiro atoms. The second-order valence-corrected chi connectivity index (χ2v) is 2.19. The van der Waals surface area contributed by atoms with Crippen LogP contribution in [0.2, 0.25) is 0 Å². The first-order valence-electron chi connectivity index (χ1n) is 3.26. The summed E-state index contributed by atoms with van der Waals surface area (Å²) in [5.41, 5.74) is 1.35. The van der Waals surface area contributed by atoms with Gasteiger partial charge in [-0.3, -0.25) is 0 Å². The summed E-state index contributed by atoms with van der Waals surface area (Å²) < 4.78 is 12.0. The Morgan fingerprint density at radius 2 is 2.45 bits per heavy atom. The average molecular weight is 151 g/mol. The molecule has 0 unspecified atom stereocenters. The zero-order chi connectivity index (χ0) is 7.68. The molecule has 0 saturated carbocycles. The van der Waals surface area contributed by atoms with Crippen LogP contribution in [0.3, 0.4) is 0 Å². The number of pyridine rings is 1. The minimum absolute atomic E-state index is 0.332. The van der Waals surface area contributed by atoms with Crippen LogP contribution in [0.1, 0.15) is 5.82 Å². The van der Waals surface area contributed by atoms with Gasteiger partial charge in [0.05, 0.1) is 5.52 Å². The van der Waals surface area contributed by atoms with Gasteiger partial charge in [0.15, 0.2) is 5.65 Å². The van der Waals surface area contributed by atoms with Crippen molar-refractivity contribution in [2.24, 2.45) is 0 Å². The van der Waals surface area contributed by atoms with Crippen molar-refractivity contribution in [2.45, 2.75) is 6.67 Å². The highest BCUT2D eigenvalue weighted by atomic mass is 19.1. The van der Waals surface area contributed by atoms with Gasteiger partial charge in [0.1, 0.15) is 12.5 Å². The van der Waals surface area contributed by atoms with E-state index in [-0.39, 0.29) is 0 Å². The highest BCUT2D eigenvalue weighted by molar-refractivity contribution is 5.69. The molecule has 2 heterocycles. The van der Waals surface area contributed by atoms with Crippen molar-refractivity contribution in [3.05, 3.63) is 24.2 Å². The predicted octanol–water partition coefficient (Wildman–Crippen LogP) is 1.43. The van der Waals surface area contributed by atoms with Crippen molar-refractivity contribution in [1.29, 1.82) is 0 Å². The Hall–Kier alpha value is -1.45. The first-order chi connectivity index (χ1) is 5.40. The van der Waals surface area contributed by atoms with Gasteiger partial charge in [-0.25, -0.2) is 14.4 Å². The highest BCUT2D eigenvalue weighted by Gasteiger charge is 2.00. The van der Waals surface area contributed by atoms with E-state index in [0.29, 0.717) is 11.5 Å². The number of imidazole rings is 1. The van der Waals surface area contributed by atoms with Gasteiger partial charge >= 0.3 is 0 Å². The van der Waals surface area contributed by atoms with E-state index in [4.69, 9.17) is 0 Å². The molecule has 11 heavy (non-hydrogen) atoms. The van der Waals surface area contributed by atoms with Crippen molar-refractivity contribution < 1.29 is 4.39 Å². The molecule has 3 nitrogen and oxygen atoms in total. The molecule has 0 fully saturated rings. The second kappa shape index (κ2) is 2.30. The van der Waals surface area contributed by atoms with Crippen LogP contribution in [0.25, 0.3) is 11.2 Å². The molecule has 4 heteroatoms. The maximum atomic E-state index is 12.0. The molecule has 0 aliphatic heterocycles. The third kappa shape index (κ3) is 0.960. The van der Waals surface area contributed by atoms with E-state index >= 15 is 0 Å². The normalized spacial score (nSPS) is 10.6. The number of alkyl halides is 1. The molecule has 0 atom stereocenters. The number of nitrogens with zero attached hydrogens (tertiary/aromatic N) is 2. The van der Waals surface area contributed by atoms with E-state index in [1.165, 1.54) is 0 Å². The molecular formula is C7H6FN3. The molecular weight excluding hydrogens is 145 g/mol. The molecule has 0 amide bonds. The number of halogens is 1. The van der Waals surface area contributed by atoms with Gasteiger partial charge in [-0.15, -0.1) is 0 Å². The third-order valence-corrected chi connectivity index (χ3v) is 1.43. The molecule has 0 aliphatic rings. The van der Waals surface area contributed by atoms with Gasteiger partial charge < -0.3 is 4.98 Å². The van der Waals surface area contributed by atoms with E-state index in [9.17, 15) is 4.39 Å². The lowest BCUT2D eigenvalue weighted by atomic mass is 10.4. The second-order valence-electron chi connectivity index (χ2n) is 2.19. The minimum atomic E-state index is -0.573. The van der Waals surface area contributed by atoms with Crippen molar-refractivity contribution >= 4 is 11.2 Å². The fraction of sp³-hybridized carbons (Fsp3) is 0.143. The summed E-state index contributed by atoms with van der Waals surface area (Å²) >= 11 is 0. The quantitative estimate of drug-likeness (QED) is 0.669. The maximum Gasteiger partial charge on any atom is 0.177 e. The topological polar surface area (TPSA) is 41.6 Å². The summed E-state index contributed by atoms with van der Waals surface area (Å²) in [5, 5.41) is 0. The van der Waals surface area contributed by atoms with Gasteiger partial charge in [0.25, 0.3) is 0 Å². The number of fused-ring (bicyclic) bond motifs is 1. The Morgan fingerprint density at radius 1 is 1.55 bits per heavy atom. The Bertz CT molecular complexity index is 335. The average Bonchev–Trinajstić information content (AvgIpc) is 2.46. The summed E-state index contributed by atoms with van der Waals surface area (Å²) in [6.45, 7) is -0.573. The summed E-state index contributed by atoms with van der Waals surface area (Å²) in [5.74, 6) is 0.332. The van der Waals surface area contributed by atoms with Crippen LogP contribution >= 0.6 is 0 Å². The van der Waals surface area contributed by atoms with Crippen LogP contribution in [0.4, 0.5) is 4.39 Å². The molecule has 2 rings (SSSR count). The number of hydrogen-bond donors (Lipinski definition) is 1. The molecule has 0 saturated heterocycles. The number of nitrogens with one attached hydrogen (secondary N) is 1. The van der Waals surface area contributed by atoms with Crippen LogP contribution in [-0.2, 0) is 6.67 Å². The summed E-state index contributed by atoms with van der Waals surface area (Å²) in [4.78, 5) is 10.6. The van der Waals surface area contributed by atoms with Crippen LogP contribution in [-0.4, -0.2) is 15.0 Å². The number of aromatic amines is 1. The smallest absolute Gasteiger partial charge is 0.177 e. The van der Waals surface area contributed by atoms with Gasteiger partial charge in [-0.1, -0.05) is 0 Å². The fourth-order valence-corrected chi connectivity index (χ4v) is 0.958. The van der Waals surface area contributed by atoms with Crippen LogP contribution in [0.5, 0.6) is 0 Å². The molecule has 1 N–H and O–H groups in total. The van der Waals surface area contributed by atoms with Gasteiger partial charge in [-0.05, 0) is 12.1 Å². The molecule has 0 bridgehead atoms. The predicted molar refractivity (Wildman–Crippen MR) is 38.7 cm³/mol. The van der Waals surface area contributed by atoms with E-state index in [1.54, 1.807) is 12.3 Å². The Labute approximate surface area is 62.3 Å². The van der Waals surface area contributed by atoms with E-state index in [1.807, 2.05) is 6.07 Å². The molecule has 0 radical (unpaired) electrons. The van der Waals surface area contributed by atoms with Crippen molar-refractivity contribution in [3.8, 4) is 0 Å². The van der Waals surface area contributed by atoms with Crippen molar-refractivity contribution in [2.75, 3.05) is 0 Å². The summed E-state index contributed by atoms with van der Waals surface area (Å²) in [6.07, 6.45) is 1.63. The lowest BCUT2D eigenvalue weighted by molar-refractivity contribution is 0.469. The summed E-state index contributed by atoms with van der Waals surface area (Å²) in [7, 11) is 0. The molecule has 2 aromatic heterocycles. The van der Waals surface area contributed by atoms with Crippen LogP contribution < -0.4 is 0 Å². The number of H-pyrrole nitrogens is 1. The van der Waals surface area contributed by atoms with Gasteiger partial charge in [0.2, 0.25) is 0 Å². The lowest BCUT2D eigenvalue weighted by Crippen LogP contribution is -1.78.